The van der Waals surface area contributed by atoms with Gasteiger partial charge in [0.15, 0.2) is 0 Å². The Hall–Kier alpha value is -0.160. The van der Waals surface area contributed by atoms with Gasteiger partial charge in [0.25, 0.3) is 0 Å². The van der Waals surface area contributed by atoms with Crippen LogP contribution in [0.25, 0.3) is 0 Å². The number of hydrogen-bond acceptors (Lipinski definition) is 1. The standard InChI is InChI=1S/C11H14FIO/c1-11(2,3)10(14)8-5-4-7(12)6-9(8)13/h4-6,10,14H,1-3H3. The Morgan fingerprint density at radius 1 is 1.36 bits per heavy atom. The van der Waals surface area contributed by atoms with E-state index < -0.39 is 6.10 Å². The third-order valence-corrected chi connectivity index (χ3v) is 3.01. The molecule has 0 radical (unpaired) electrons. The van der Waals surface area contributed by atoms with Crippen LogP contribution in [0.1, 0.15) is 32.4 Å². The molecule has 0 spiro atoms. The summed E-state index contributed by atoms with van der Waals surface area (Å²) in [5.41, 5.74) is 0.567. The largest absolute Gasteiger partial charge is 0.388 e. The van der Waals surface area contributed by atoms with Crippen LogP contribution in [0.2, 0.25) is 0 Å². The minimum atomic E-state index is -0.560. The normalized spacial score (nSPS) is 14.1. The van der Waals surface area contributed by atoms with E-state index in [-0.39, 0.29) is 11.2 Å². The highest BCUT2D eigenvalue weighted by atomic mass is 127. The molecule has 0 aliphatic heterocycles. The first-order valence-corrected chi connectivity index (χ1v) is 5.53. The maximum Gasteiger partial charge on any atom is 0.124 e. The van der Waals surface area contributed by atoms with Gasteiger partial charge in [-0.1, -0.05) is 26.8 Å². The van der Waals surface area contributed by atoms with E-state index in [1.165, 1.54) is 12.1 Å². The van der Waals surface area contributed by atoms with Gasteiger partial charge in [0.2, 0.25) is 0 Å². The molecule has 0 heterocycles. The minimum absolute atomic E-state index is 0.224. The van der Waals surface area contributed by atoms with Gasteiger partial charge in [-0.25, -0.2) is 4.39 Å². The van der Waals surface area contributed by atoms with Gasteiger partial charge in [0.05, 0.1) is 6.10 Å². The Morgan fingerprint density at radius 3 is 2.36 bits per heavy atom. The molecule has 1 rings (SSSR count). The maximum atomic E-state index is 12.8. The molecule has 0 saturated heterocycles. The molecule has 0 aliphatic rings. The summed E-state index contributed by atoms with van der Waals surface area (Å²) in [5.74, 6) is -0.265. The number of halogens is 2. The molecule has 0 bridgehead atoms. The lowest BCUT2D eigenvalue weighted by Crippen LogP contribution is -2.18. The second-order valence-electron chi connectivity index (χ2n) is 4.43. The second-order valence-corrected chi connectivity index (χ2v) is 5.60. The average Bonchev–Trinajstić information content (AvgIpc) is 2.01. The molecule has 1 unspecified atom stereocenters. The summed E-state index contributed by atoms with van der Waals surface area (Å²) in [4.78, 5) is 0. The summed E-state index contributed by atoms with van der Waals surface area (Å²) in [7, 11) is 0. The van der Waals surface area contributed by atoms with Crippen LogP contribution in [0.5, 0.6) is 0 Å². The van der Waals surface area contributed by atoms with Crippen LogP contribution < -0.4 is 0 Å². The summed E-state index contributed by atoms with van der Waals surface area (Å²) < 4.78 is 13.6. The summed E-state index contributed by atoms with van der Waals surface area (Å²) in [6.45, 7) is 5.87. The highest BCUT2D eigenvalue weighted by Crippen LogP contribution is 2.34. The molecule has 14 heavy (non-hydrogen) atoms. The van der Waals surface area contributed by atoms with Crippen LogP contribution >= 0.6 is 22.6 Å². The Bertz CT molecular complexity index is 331. The number of hydrogen-bond donors (Lipinski definition) is 1. The zero-order valence-electron chi connectivity index (χ0n) is 8.51. The van der Waals surface area contributed by atoms with Gasteiger partial charge in [-0.3, -0.25) is 0 Å². The van der Waals surface area contributed by atoms with Crippen molar-refractivity contribution in [2.24, 2.45) is 5.41 Å². The van der Waals surface area contributed by atoms with E-state index in [9.17, 15) is 9.50 Å². The van der Waals surface area contributed by atoms with Gasteiger partial charge in [0, 0.05) is 3.57 Å². The Balaban J connectivity index is 3.08. The number of aliphatic hydroxyl groups excluding tert-OH is 1. The first-order chi connectivity index (χ1) is 6.32. The van der Waals surface area contributed by atoms with Crippen molar-refractivity contribution in [3.05, 3.63) is 33.1 Å². The van der Waals surface area contributed by atoms with Crippen molar-refractivity contribution in [3.8, 4) is 0 Å². The quantitative estimate of drug-likeness (QED) is 0.787. The van der Waals surface area contributed by atoms with E-state index in [1.54, 1.807) is 6.07 Å². The molecule has 0 fully saturated rings. The highest BCUT2D eigenvalue weighted by Gasteiger charge is 2.25. The fourth-order valence-electron chi connectivity index (χ4n) is 1.19. The van der Waals surface area contributed by atoms with Gasteiger partial charge in [-0.05, 0) is 45.7 Å². The number of benzene rings is 1. The summed E-state index contributed by atoms with van der Waals surface area (Å²) in [5, 5.41) is 10.0. The molecule has 1 N–H and O–H groups in total. The summed E-state index contributed by atoms with van der Waals surface area (Å²) in [6.07, 6.45) is -0.560. The van der Waals surface area contributed by atoms with Crippen LogP contribution in [-0.4, -0.2) is 5.11 Å². The number of aliphatic hydroxyl groups is 1. The second kappa shape index (κ2) is 4.14. The van der Waals surface area contributed by atoms with E-state index in [0.717, 1.165) is 9.13 Å². The molecule has 0 aliphatic carbocycles. The van der Waals surface area contributed by atoms with E-state index >= 15 is 0 Å². The SMILES string of the molecule is CC(C)(C)C(O)c1ccc(F)cc1I. The lowest BCUT2D eigenvalue weighted by Gasteiger charge is -2.26. The van der Waals surface area contributed by atoms with Crippen LogP contribution in [0.4, 0.5) is 4.39 Å². The van der Waals surface area contributed by atoms with Crippen molar-refractivity contribution < 1.29 is 9.50 Å². The van der Waals surface area contributed by atoms with Crippen LogP contribution in [0.15, 0.2) is 18.2 Å². The fourth-order valence-corrected chi connectivity index (χ4v) is 1.96. The van der Waals surface area contributed by atoms with Crippen molar-refractivity contribution in [2.75, 3.05) is 0 Å². The number of rotatable bonds is 1. The first kappa shape index (κ1) is 11.9. The zero-order valence-corrected chi connectivity index (χ0v) is 10.7. The van der Waals surface area contributed by atoms with Crippen molar-refractivity contribution in [1.29, 1.82) is 0 Å². The molecule has 0 amide bonds. The van der Waals surface area contributed by atoms with Gasteiger partial charge in [0.1, 0.15) is 5.82 Å². The molecule has 3 heteroatoms. The smallest absolute Gasteiger partial charge is 0.124 e. The van der Waals surface area contributed by atoms with Crippen molar-refractivity contribution >= 4 is 22.6 Å². The lowest BCUT2D eigenvalue weighted by molar-refractivity contribution is 0.0619. The lowest BCUT2D eigenvalue weighted by atomic mass is 9.85. The Kier molecular flexibility index (Phi) is 3.53. The van der Waals surface area contributed by atoms with Crippen LogP contribution in [0, 0.1) is 14.8 Å². The molecular weight excluding hydrogens is 294 g/mol. The summed E-state index contributed by atoms with van der Waals surface area (Å²) in [6, 6.07) is 4.46. The van der Waals surface area contributed by atoms with Crippen LogP contribution in [-0.2, 0) is 0 Å². The van der Waals surface area contributed by atoms with Gasteiger partial charge in [-0.2, -0.15) is 0 Å². The predicted octanol–water partition coefficient (Wildman–Crippen LogP) is 3.51. The molecular formula is C11H14FIO. The van der Waals surface area contributed by atoms with E-state index in [4.69, 9.17) is 0 Å². The molecule has 0 saturated carbocycles. The molecule has 78 valence electrons. The van der Waals surface area contributed by atoms with E-state index in [2.05, 4.69) is 0 Å². The maximum absolute atomic E-state index is 12.8. The highest BCUT2D eigenvalue weighted by molar-refractivity contribution is 14.1. The van der Waals surface area contributed by atoms with E-state index in [0.29, 0.717) is 0 Å². The molecule has 1 atom stereocenters. The van der Waals surface area contributed by atoms with Gasteiger partial charge in [-0.15, -0.1) is 0 Å². The van der Waals surface area contributed by atoms with Crippen molar-refractivity contribution in [1.82, 2.24) is 0 Å². The van der Waals surface area contributed by atoms with Crippen LogP contribution in [0.3, 0.4) is 0 Å². The molecule has 0 aromatic heterocycles. The van der Waals surface area contributed by atoms with Gasteiger partial charge < -0.3 is 5.11 Å². The molecule has 1 aromatic rings. The average molecular weight is 308 g/mol. The summed E-state index contributed by atoms with van der Waals surface area (Å²) >= 11 is 2.04. The fraction of sp³-hybridized carbons (Fsp3) is 0.455. The first-order valence-electron chi connectivity index (χ1n) is 4.45. The topological polar surface area (TPSA) is 20.2 Å². The molecule has 1 nitrogen and oxygen atoms in total. The van der Waals surface area contributed by atoms with Gasteiger partial charge >= 0.3 is 0 Å². The third-order valence-electron chi connectivity index (χ3n) is 2.08. The minimum Gasteiger partial charge on any atom is -0.388 e. The van der Waals surface area contributed by atoms with Crippen molar-refractivity contribution in [3.63, 3.8) is 0 Å². The third kappa shape index (κ3) is 2.67. The predicted molar refractivity (Wildman–Crippen MR) is 63.5 cm³/mol. The molecule has 1 aromatic carbocycles. The van der Waals surface area contributed by atoms with Crippen molar-refractivity contribution in [2.45, 2.75) is 26.9 Å². The Morgan fingerprint density at radius 2 is 1.93 bits per heavy atom. The van der Waals surface area contributed by atoms with E-state index in [1.807, 2.05) is 43.4 Å². The zero-order chi connectivity index (χ0) is 10.9. The Labute approximate surface area is 97.5 Å². The monoisotopic (exact) mass is 308 g/mol.